The minimum atomic E-state index is -0.489. The number of benzene rings is 1. The molecule has 0 radical (unpaired) electrons. The number of amidine groups is 1. The summed E-state index contributed by atoms with van der Waals surface area (Å²) in [4.78, 5) is 0. The number of nitrogens with two attached hydrogens (primary N) is 1. The molecule has 0 heterocycles. The molecular weight excluding hydrogens is 235 g/mol. The van der Waals surface area contributed by atoms with Gasteiger partial charge in [0.15, 0.2) is 17.4 Å². The Balaban J connectivity index is 2.00. The van der Waals surface area contributed by atoms with Crippen LogP contribution < -0.4 is 10.5 Å². The lowest BCUT2D eigenvalue weighted by molar-refractivity contribution is 0.242. The molecule has 18 heavy (non-hydrogen) atoms. The smallest absolute Gasteiger partial charge is 0.170 e. The van der Waals surface area contributed by atoms with Gasteiger partial charge in [0.25, 0.3) is 0 Å². The Morgan fingerprint density at radius 1 is 1.44 bits per heavy atom. The van der Waals surface area contributed by atoms with Crippen molar-refractivity contribution in [2.24, 2.45) is 16.8 Å². The Morgan fingerprint density at radius 2 is 2.17 bits per heavy atom. The lowest BCUT2D eigenvalue weighted by Crippen LogP contribution is -2.14. The van der Waals surface area contributed by atoms with Crippen molar-refractivity contribution in [2.75, 3.05) is 6.61 Å². The Bertz CT molecular complexity index is 443. The van der Waals surface area contributed by atoms with Gasteiger partial charge in [0.05, 0.1) is 6.61 Å². The zero-order chi connectivity index (χ0) is 13.0. The summed E-state index contributed by atoms with van der Waals surface area (Å²) in [6.45, 7) is 0.555. The predicted molar refractivity (Wildman–Crippen MR) is 66.4 cm³/mol. The van der Waals surface area contributed by atoms with Crippen LogP contribution in [0.2, 0.25) is 0 Å². The molecule has 0 amide bonds. The minimum Gasteiger partial charge on any atom is -0.490 e. The number of hydrogen-bond donors (Lipinski definition) is 2. The van der Waals surface area contributed by atoms with Crippen LogP contribution in [0.4, 0.5) is 4.39 Å². The first-order valence-electron chi connectivity index (χ1n) is 6.11. The van der Waals surface area contributed by atoms with Gasteiger partial charge in [-0.25, -0.2) is 4.39 Å². The summed E-state index contributed by atoms with van der Waals surface area (Å²) in [6, 6.07) is 4.29. The predicted octanol–water partition coefficient (Wildman–Crippen LogP) is 2.49. The van der Waals surface area contributed by atoms with Crippen molar-refractivity contribution in [1.82, 2.24) is 0 Å². The van der Waals surface area contributed by atoms with Gasteiger partial charge < -0.3 is 15.7 Å². The first-order valence-corrected chi connectivity index (χ1v) is 6.11. The summed E-state index contributed by atoms with van der Waals surface area (Å²) in [5.41, 5.74) is 5.72. The SMILES string of the molecule is NC(=NO)c1ccc(OCC2CCCC2)c(F)c1. The van der Waals surface area contributed by atoms with Gasteiger partial charge in [-0.15, -0.1) is 0 Å². The lowest BCUT2D eigenvalue weighted by Gasteiger charge is -2.12. The van der Waals surface area contributed by atoms with Gasteiger partial charge >= 0.3 is 0 Å². The standard InChI is InChI=1S/C13H17FN2O2/c14-11-7-10(13(15)16-17)5-6-12(11)18-8-9-3-1-2-4-9/h5-7,9,17H,1-4,8H2,(H2,15,16). The lowest BCUT2D eigenvalue weighted by atomic mass is 10.1. The molecule has 98 valence electrons. The second kappa shape index (κ2) is 5.71. The summed E-state index contributed by atoms with van der Waals surface area (Å²) in [5.74, 6) is 0.151. The summed E-state index contributed by atoms with van der Waals surface area (Å²) < 4.78 is 19.2. The average Bonchev–Trinajstić information content (AvgIpc) is 2.89. The molecule has 0 spiro atoms. The largest absolute Gasteiger partial charge is 0.490 e. The number of hydrogen-bond acceptors (Lipinski definition) is 3. The summed E-state index contributed by atoms with van der Waals surface area (Å²) in [7, 11) is 0. The number of oxime groups is 1. The molecule has 0 saturated heterocycles. The zero-order valence-electron chi connectivity index (χ0n) is 10.1. The van der Waals surface area contributed by atoms with Gasteiger partial charge in [-0.05, 0) is 37.0 Å². The molecule has 0 aliphatic heterocycles. The minimum absolute atomic E-state index is 0.115. The van der Waals surface area contributed by atoms with Gasteiger partial charge in [0.2, 0.25) is 0 Å². The summed E-state index contributed by atoms with van der Waals surface area (Å²) in [5, 5.41) is 11.3. The fourth-order valence-corrected chi connectivity index (χ4v) is 2.22. The molecule has 2 rings (SSSR count). The quantitative estimate of drug-likeness (QED) is 0.374. The maximum atomic E-state index is 13.7. The van der Waals surface area contributed by atoms with Gasteiger partial charge in [0.1, 0.15) is 0 Å². The van der Waals surface area contributed by atoms with E-state index >= 15 is 0 Å². The van der Waals surface area contributed by atoms with Gasteiger partial charge in [0, 0.05) is 5.56 Å². The van der Waals surface area contributed by atoms with Crippen LogP contribution in [-0.4, -0.2) is 17.6 Å². The molecule has 0 bridgehead atoms. The topological polar surface area (TPSA) is 67.8 Å². The fourth-order valence-electron chi connectivity index (χ4n) is 2.22. The molecule has 3 N–H and O–H groups in total. The van der Waals surface area contributed by atoms with Crippen LogP contribution in [0.15, 0.2) is 23.4 Å². The Hall–Kier alpha value is -1.78. The molecule has 1 saturated carbocycles. The van der Waals surface area contributed by atoms with Crippen molar-refractivity contribution in [2.45, 2.75) is 25.7 Å². The van der Waals surface area contributed by atoms with E-state index in [1.165, 1.54) is 25.0 Å². The fraction of sp³-hybridized carbons (Fsp3) is 0.462. The van der Waals surface area contributed by atoms with Crippen molar-refractivity contribution in [3.8, 4) is 5.75 Å². The molecule has 0 atom stereocenters. The molecular formula is C13H17FN2O2. The molecule has 5 heteroatoms. The van der Waals surface area contributed by atoms with Crippen LogP contribution in [0.1, 0.15) is 31.2 Å². The monoisotopic (exact) mass is 252 g/mol. The van der Waals surface area contributed by atoms with E-state index in [-0.39, 0.29) is 11.6 Å². The van der Waals surface area contributed by atoms with E-state index in [9.17, 15) is 4.39 Å². The van der Waals surface area contributed by atoms with Crippen molar-refractivity contribution in [3.63, 3.8) is 0 Å². The van der Waals surface area contributed by atoms with Gasteiger partial charge in [-0.2, -0.15) is 0 Å². The average molecular weight is 252 g/mol. The number of halogens is 1. The first-order chi connectivity index (χ1) is 8.70. The normalized spacial score (nSPS) is 17.1. The third-order valence-electron chi connectivity index (χ3n) is 3.28. The van der Waals surface area contributed by atoms with E-state index in [1.54, 1.807) is 6.07 Å². The van der Waals surface area contributed by atoms with Crippen molar-refractivity contribution < 1.29 is 14.3 Å². The van der Waals surface area contributed by atoms with Crippen LogP contribution in [0, 0.1) is 11.7 Å². The number of rotatable bonds is 4. The highest BCUT2D eigenvalue weighted by Crippen LogP contribution is 2.26. The number of nitrogens with zero attached hydrogens (tertiary/aromatic N) is 1. The van der Waals surface area contributed by atoms with E-state index < -0.39 is 5.82 Å². The van der Waals surface area contributed by atoms with Crippen LogP contribution in [0.5, 0.6) is 5.75 Å². The van der Waals surface area contributed by atoms with Crippen molar-refractivity contribution in [3.05, 3.63) is 29.6 Å². The highest BCUT2D eigenvalue weighted by atomic mass is 19.1. The zero-order valence-corrected chi connectivity index (χ0v) is 10.1. The molecule has 1 aliphatic rings. The maximum Gasteiger partial charge on any atom is 0.170 e. The van der Waals surface area contributed by atoms with Crippen LogP contribution >= 0.6 is 0 Å². The molecule has 1 aromatic rings. The van der Waals surface area contributed by atoms with Gasteiger partial charge in [-0.1, -0.05) is 18.0 Å². The summed E-state index contributed by atoms with van der Waals surface area (Å²) >= 11 is 0. The second-order valence-corrected chi connectivity index (χ2v) is 4.59. The van der Waals surface area contributed by atoms with Crippen LogP contribution in [0.25, 0.3) is 0 Å². The molecule has 1 fully saturated rings. The van der Waals surface area contributed by atoms with E-state index in [4.69, 9.17) is 15.7 Å². The van der Waals surface area contributed by atoms with E-state index in [1.807, 2.05) is 0 Å². The first kappa shape index (κ1) is 12.7. The molecule has 0 aromatic heterocycles. The molecule has 0 unspecified atom stereocenters. The second-order valence-electron chi connectivity index (χ2n) is 4.59. The van der Waals surface area contributed by atoms with E-state index in [0.29, 0.717) is 18.1 Å². The Morgan fingerprint density at radius 3 is 2.78 bits per heavy atom. The summed E-state index contributed by atoms with van der Waals surface area (Å²) in [6.07, 6.45) is 4.78. The van der Waals surface area contributed by atoms with Crippen molar-refractivity contribution in [1.29, 1.82) is 0 Å². The third kappa shape index (κ3) is 2.91. The molecule has 1 aromatic carbocycles. The Labute approximate surface area is 105 Å². The van der Waals surface area contributed by atoms with Gasteiger partial charge in [-0.3, -0.25) is 0 Å². The van der Waals surface area contributed by atoms with Crippen LogP contribution in [0.3, 0.4) is 0 Å². The van der Waals surface area contributed by atoms with E-state index in [2.05, 4.69) is 5.16 Å². The van der Waals surface area contributed by atoms with E-state index in [0.717, 1.165) is 12.8 Å². The molecule has 4 nitrogen and oxygen atoms in total. The Kier molecular flexibility index (Phi) is 4.02. The van der Waals surface area contributed by atoms with Crippen LogP contribution in [-0.2, 0) is 0 Å². The highest BCUT2D eigenvalue weighted by molar-refractivity contribution is 5.97. The third-order valence-corrected chi connectivity index (χ3v) is 3.28. The molecule has 1 aliphatic carbocycles. The van der Waals surface area contributed by atoms with Crippen molar-refractivity contribution >= 4 is 5.84 Å². The highest BCUT2D eigenvalue weighted by Gasteiger charge is 2.16. The maximum absolute atomic E-state index is 13.7. The number of ether oxygens (including phenoxy) is 1.